The number of rotatable bonds is 6. The molecule has 2 aliphatic rings. The van der Waals surface area contributed by atoms with E-state index in [1.165, 1.54) is 4.31 Å². The van der Waals surface area contributed by atoms with E-state index in [2.05, 4.69) is 5.32 Å². The van der Waals surface area contributed by atoms with Crippen LogP contribution in [0.25, 0.3) is 0 Å². The Balaban J connectivity index is 0.00000261. The zero-order valence-electron chi connectivity index (χ0n) is 15.3. The number of hydrogen-bond donors (Lipinski definition) is 2. The van der Waals surface area contributed by atoms with Crippen molar-refractivity contribution in [3.8, 4) is 0 Å². The van der Waals surface area contributed by atoms with E-state index in [-0.39, 0.29) is 35.0 Å². The summed E-state index contributed by atoms with van der Waals surface area (Å²) < 4.78 is 31.8. The number of sulfonamides is 1. The Morgan fingerprint density at radius 1 is 1.19 bits per heavy atom. The van der Waals surface area contributed by atoms with E-state index in [9.17, 15) is 13.2 Å². The maximum Gasteiger partial charge on any atom is 0.243 e. The Labute approximate surface area is 167 Å². The summed E-state index contributed by atoms with van der Waals surface area (Å²) in [4.78, 5) is 12.6. The van der Waals surface area contributed by atoms with Crippen molar-refractivity contribution < 1.29 is 17.9 Å². The summed E-state index contributed by atoms with van der Waals surface area (Å²) in [5, 5.41) is 2.96. The maximum absolute atomic E-state index is 12.6. The van der Waals surface area contributed by atoms with Crippen LogP contribution in [0.15, 0.2) is 29.2 Å². The van der Waals surface area contributed by atoms with Crippen molar-refractivity contribution in [2.45, 2.75) is 30.7 Å². The first-order valence-electron chi connectivity index (χ1n) is 9.17. The smallest absolute Gasteiger partial charge is 0.243 e. The lowest BCUT2D eigenvalue weighted by Crippen LogP contribution is -2.40. The third-order valence-corrected chi connectivity index (χ3v) is 7.21. The number of carbonyl (C=O) groups excluding carboxylic acids is 1. The van der Waals surface area contributed by atoms with E-state index >= 15 is 0 Å². The number of hydrogen-bond acceptors (Lipinski definition) is 5. The Morgan fingerprint density at radius 2 is 1.85 bits per heavy atom. The van der Waals surface area contributed by atoms with Crippen molar-refractivity contribution in [2.75, 3.05) is 32.8 Å². The van der Waals surface area contributed by atoms with Crippen LogP contribution in [0.4, 0.5) is 0 Å². The third kappa shape index (κ3) is 5.20. The van der Waals surface area contributed by atoms with Gasteiger partial charge in [-0.1, -0.05) is 18.6 Å². The van der Waals surface area contributed by atoms with Crippen LogP contribution in [0.3, 0.4) is 0 Å². The molecule has 0 unspecified atom stereocenters. The van der Waals surface area contributed by atoms with Gasteiger partial charge in [0.25, 0.3) is 0 Å². The average molecular weight is 418 g/mol. The molecule has 3 N–H and O–H groups in total. The largest absolute Gasteiger partial charge is 0.379 e. The quantitative estimate of drug-likeness (QED) is 0.722. The number of amides is 1. The highest BCUT2D eigenvalue weighted by Crippen LogP contribution is 2.31. The monoisotopic (exact) mass is 417 g/mol. The minimum absolute atomic E-state index is 0. The molecule has 1 aromatic carbocycles. The highest BCUT2D eigenvalue weighted by molar-refractivity contribution is 7.89. The molecule has 1 aliphatic heterocycles. The van der Waals surface area contributed by atoms with Crippen LogP contribution in [-0.2, 0) is 26.1 Å². The molecule has 1 aliphatic carbocycles. The maximum atomic E-state index is 12.6. The van der Waals surface area contributed by atoms with Gasteiger partial charge in [-0.2, -0.15) is 4.31 Å². The predicted molar refractivity (Wildman–Crippen MR) is 105 cm³/mol. The van der Waals surface area contributed by atoms with Crippen molar-refractivity contribution in [1.29, 1.82) is 0 Å². The van der Waals surface area contributed by atoms with E-state index in [0.717, 1.165) is 24.8 Å². The minimum atomic E-state index is -3.48. The lowest BCUT2D eigenvalue weighted by molar-refractivity contribution is -0.126. The Kier molecular flexibility index (Phi) is 8.05. The fourth-order valence-electron chi connectivity index (χ4n) is 3.70. The van der Waals surface area contributed by atoms with Gasteiger partial charge in [-0.05, 0) is 43.0 Å². The number of halogens is 1. The second-order valence-electron chi connectivity index (χ2n) is 6.91. The molecule has 1 saturated heterocycles. The molecule has 1 heterocycles. The molecule has 152 valence electrons. The van der Waals surface area contributed by atoms with Gasteiger partial charge in [0, 0.05) is 25.6 Å². The first kappa shape index (κ1) is 22.1. The normalized spacial score (nSPS) is 23.6. The summed E-state index contributed by atoms with van der Waals surface area (Å²) in [6.45, 7) is 2.55. The van der Waals surface area contributed by atoms with E-state index in [1.54, 1.807) is 24.3 Å². The lowest BCUT2D eigenvalue weighted by atomic mass is 9.95. The molecule has 27 heavy (non-hydrogen) atoms. The van der Waals surface area contributed by atoms with Gasteiger partial charge < -0.3 is 15.8 Å². The minimum Gasteiger partial charge on any atom is -0.379 e. The molecule has 1 amide bonds. The molecular formula is C18H28ClN3O4S. The molecular weight excluding hydrogens is 390 g/mol. The van der Waals surface area contributed by atoms with Gasteiger partial charge in [0.05, 0.1) is 18.1 Å². The second-order valence-corrected chi connectivity index (χ2v) is 8.85. The summed E-state index contributed by atoms with van der Waals surface area (Å²) in [7, 11) is -3.48. The van der Waals surface area contributed by atoms with E-state index in [1.807, 2.05) is 0 Å². The number of benzene rings is 1. The van der Waals surface area contributed by atoms with E-state index in [4.69, 9.17) is 10.5 Å². The van der Waals surface area contributed by atoms with Crippen LogP contribution in [0, 0.1) is 11.8 Å². The molecule has 2 fully saturated rings. The van der Waals surface area contributed by atoms with E-state index < -0.39 is 10.0 Å². The zero-order chi connectivity index (χ0) is 18.6. The molecule has 1 aromatic rings. The highest BCUT2D eigenvalue weighted by atomic mass is 35.5. The van der Waals surface area contributed by atoms with Crippen molar-refractivity contribution in [2.24, 2.45) is 17.6 Å². The summed E-state index contributed by atoms with van der Waals surface area (Å²) in [6.07, 6.45) is 2.96. The average Bonchev–Trinajstić information content (AvgIpc) is 3.16. The SMILES string of the molecule is Cl.NC[C@H]1CCC[C@H]1C(=O)NCc1ccc(S(=O)(=O)N2CCOCC2)cc1. The third-order valence-electron chi connectivity index (χ3n) is 5.30. The second kappa shape index (κ2) is 9.84. The zero-order valence-corrected chi connectivity index (χ0v) is 16.9. The van der Waals surface area contributed by atoms with Crippen LogP contribution < -0.4 is 11.1 Å². The summed E-state index contributed by atoms with van der Waals surface area (Å²) in [5.41, 5.74) is 6.62. The molecule has 3 rings (SSSR count). The summed E-state index contributed by atoms with van der Waals surface area (Å²) in [6, 6.07) is 6.71. The molecule has 9 heteroatoms. The van der Waals surface area contributed by atoms with Crippen LogP contribution >= 0.6 is 12.4 Å². The number of carbonyl (C=O) groups is 1. The van der Waals surface area contributed by atoms with Gasteiger partial charge in [0.2, 0.25) is 15.9 Å². The summed E-state index contributed by atoms with van der Waals surface area (Å²) >= 11 is 0. The van der Waals surface area contributed by atoms with Crippen molar-refractivity contribution in [3.63, 3.8) is 0 Å². The Bertz CT molecular complexity index is 721. The predicted octanol–water partition coefficient (Wildman–Crippen LogP) is 1.12. The fraction of sp³-hybridized carbons (Fsp3) is 0.611. The van der Waals surface area contributed by atoms with Crippen molar-refractivity contribution in [3.05, 3.63) is 29.8 Å². The standard InChI is InChI=1S/C18H27N3O4S.ClH/c19-12-15-2-1-3-17(15)18(22)20-13-14-4-6-16(7-5-14)26(23,24)21-8-10-25-11-9-21;/h4-7,15,17H,1-3,8-13,19H2,(H,20,22);1H/t15-,17-;/m1./s1. The number of ether oxygens (including phenoxy) is 1. The molecule has 2 atom stereocenters. The summed E-state index contributed by atoms with van der Waals surface area (Å²) in [5.74, 6) is 0.319. The van der Waals surface area contributed by atoms with E-state index in [0.29, 0.717) is 39.4 Å². The van der Waals surface area contributed by atoms with Gasteiger partial charge in [0.1, 0.15) is 0 Å². The number of morpholine rings is 1. The Morgan fingerprint density at radius 3 is 2.48 bits per heavy atom. The molecule has 0 aromatic heterocycles. The van der Waals surface area contributed by atoms with Gasteiger partial charge in [-0.15, -0.1) is 12.4 Å². The van der Waals surface area contributed by atoms with Gasteiger partial charge in [-0.3, -0.25) is 4.79 Å². The van der Waals surface area contributed by atoms with Crippen molar-refractivity contribution in [1.82, 2.24) is 9.62 Å². The first-order valence-corrected chi connectivity index (χ1v) is 10.6. The van der Waals surface area contributed by atoms with Crippen LogP contribution in [0.1, 0.15) is 24.8 Å². The van der Waals surface area contributed by atoms with Gasteiger partial charge in [0.15, 0.2) is 0 Å². The Hall–Kier alpha value is -1.19. The fourth-order valence-corrected chi connectivity index (χ4v) is 5.11. The van der Waals surface area contributed by atoms with Crippen LogP contribution in [0.5, 0.6) is 0 Å². The number of nitrogens with one attached hydrogen (secondary N) is 1. The molecule has 0 spiro atoms. The van der Waals surface area contributed by atoms with Gasteiger partial charge >= 0.3 is 0 Å². The molecule has 1 saturated carbocycles. The van der Waals surface area contributed by atoms with Gasteiger partial charge in [-0.25, -0.2) is 8.42 Å². The van der Waals surface area contributed by atoms with Crippen LogP contribution in [0.2, 0.25) is 0 Å². The highest BCUT2D eigenvalue weighted by Gasteiger charge is 2.31. The van der Waals surface area contributed by atoms with Crippen molar-refractivity contribution >= 4 is 28.3 Å². The number of nitrogens with zero attached hydrogens (tertiary/aromatic N) is 1. The molecule has 0 bridgehead atoms. The number of nitrogens with two attached hydrogens (primary N) is 1. The molecule has 7 nitrogen and oxygen atoms in total. The van der Waals surface area contributed by atoms with Crippen LogP contribution in [-0.4, -0.2) is 51.5 Å². The topological polar surface area (TPSA) is 102 Å². The molecule has 0 radical (unpaired) electrons. The first-order chi connectivity index (χ1) is 12.5. The lowest BCUT2D eigenvalue weighted by Gasteiger charge is -2.26.